The molecule has 0 aliphatic rings. The lowest BCUT2D eigenvalue weighted by atomic mass is 10.1. The summed E-state index contributed by atoms with van der Waals surface area (Å²) < 4.78 is 0. The molecular formula is C15H12N4. The number of hydrogen-bond acceptors (Lipinski definition) is 4. The molecular weight excluding hydrogens is 236 g/mol. The Balaban J connectivity index is 2.13. The number of nitrogens with one attached hydrogen (secondary N) is 1. The maximum atomic E-state index is 9.10. The Bertz CT molecular complexity index is 660. The molecule has 0 saturated carbocycles. The third-order valence-corrected chi connectivity index (χ3v) is 2.81. The van der Waals surface area contributed by atoms with Crippen LogP contribution in [0.2, 0.25) is 0 Å². The molecule has 0 unspecified atom stereocenters. The van der Waals surface area contributed by atoms with Crippen molar-refractivity contribution in [2.75, 3.05) is 5.32 Å². The van der Waals surface area contributed by atoms with Gasteiger partial charge in [0.15, 0.2) is 0 Å². The molecule has 2 aromatic rings. The van der Waals surface area contributed by atoms with Crippen LogP contribution in [-0.4, -0.2) is 4.98 Å². The molecule has 0 aliphatic carbocycles. The van der Waals surface area contributed by atoms with Crippen LogP contribution in [0.3, 0.4) is 0 Å². The number of nitriles is 2. The van der Waals surface area contributed by atoms with Crippen molar-refractivity contribution >= 4 is 5.82 Å². The first-order chi connectivity index (χ1) is 9.24. The first-order valence-electron chi connectivity index (χ1n) is 5.83. The minimum Gasteiger partial charge on any atom is -0.365 e. The summed E-state index contributed by atoms with van der Waals surface area (Å²) in [6, 6.07) is 13.3. The summed E-state index contributed by atoms with van der Waals surface area (Å²) in [5.41, 5.74) is 3.14. The number of pyridine rings is 1. The maximum Gasteiger partial charge on any atom is 0.144 e. The highest BCUT2D eigenvalue weighted by Crippen LogP contribution is 2.16. The van der Waals surface area contributed by atoms with Crippen molar-refractivity contribution < 1.29 is 0 Å². The zero-order chi connectivity index (χ0) is 13.7. The molecule has 4 nitrogen and oxygen atoms in total. The lowest BCUT2D eigenvalue weighted by Gasteiger charge is -2.08. The van der Waals surface area contributed by atoms with E-state index in [1.807, 2.05) is 25.1 Å². The minimum absolute atomic E-state index is 0.566. The van der Waals surface area contributed by atoms with Gasteiger partial charge in [0.05, 0.1) is 17.2 Å². The van der Waals surface area contributed by atoms with Crippen LogP contribution >= 0.6 is 0 Å². The second-order valence-electron chi connectivity index (χ2n) is 4.13. The Morgan fingerprint density at radius 3 is 2.47 bits per heavy atom. The molecule has 19 heavy (non-hydrogen) atoms. The van der Waals surface area contributed by atoms with Gasteiger partial charge in [0.25, 0.3) is 0 Å². The van der Waals surface area contributed by atoms with Crippen LogP contribution < -0.4 is 5.32 Å². The largest absolute Gasteiger partial charge is 0.365 e. The molecule has 1 N–H and O–H groups in total. The molecule has 0 amide bonds. The van der Waals surface area contributed by atoms with Gasteiger partial charge in [-0.1, -0.05) is 12.1 Å². The molecule has 0 atom stereocenters. The van der Waals surface area contributed by atoms with Crippen molar-refractivity contribution in [3.05, 3.63) is 58.8 Å². The average molecular weight is 248 g/mol. The molecule has 1 aromatic heterocycles. The van der Waals surface area contributed by atoms with E-state index in [0.717, 1.165) is 11.1 Å². The van der Waals surface area contributed by atoms with Crippen LogP contribution in [0.4, 0.5) is 5.82 Å². The quantitative estimate of drug-likeness (QED) is 0.906. The van der Waals surface area contributed by atoms with E-state index in [2.05, 4.69) is 22.4 Å². The van der Waals surface area contributed by atoms with Gasteiger partial charge in [0.1, 0.15) is 11.9 Å². The molecule has 2 rings (SSSR count). The van der Waals surface area contributed by atoms with E-state index < -0.39 is 0 Å². The van der Waals surface area contributed by atoms with Crippen LogP contribution in [0.1, 0.15) is 22.3 Å². The Morgan fingerprint density at radius 1 is 1.11 bits per heavy atom. The molecule has 0 spiro atoms. The van der Waals surface area contributed by atoms with Crippen LogP contribution in [0.25, 0.3) is 0 Å². The highest BCUT2D eigenvalue weighted by atomic mass is 15.0. The van der Waals surface area contributed by atoms with Crippen LogP contribution in [-0.2, 0) is 6.54 Å². The highest BCUT2D eigenvalue weighted by molar-refractivity contribution is 5.55. The van der Waals surface area contributed by atoms with E-state index in [0.29, 0.717) is 23.5 Å². The number of aromatic nitrogens is 1. The van der Waals surface area contributed by atoms with Crippen molar-refractivity contribution in [2.24, 2.45) is 0 Å². The maximum absolute atomic E-state index is 9.10. The molecule has 0 saturated heterocycles. The summed E-state index contributed by atoms with van der Waals surface area (Å²) in [4.78, 5) is 4.17. The van der Waals surface area contributed by atoms with Gasteiger partial charge < -0.3 is 5.32 Å². The lowest BCUT2D eigenvalue weighted by molar-refractivity contribution is 1.10. The van der Waals surface area contributed by atoms with Gasteiger partial charge in [-0.25, -0.2) is 4.98 Å². The fourth-order valence-electron chi connectivity index (χ4n) is 1.72. The Labute approximate surface area is 112 Å². The van der Waals surface area contributed by atoms with Gasteiger partial charge in [-0.3, -0.25) is 0 Å². The zero-order valence-electron chi connectivity index (χ0n) is 10.5. The third kappa shape index (κ3) is 2.88. The number of benzene rings is 1. The third-order valence-electron chi connectivity index (χ3n) is 2.81. The number of nitrogens with zero attached hydrogens (tertiary/aromatic N) is 3. The number of aryl methyl sites for hydroxylation is 1. The van der Waals surface area contributed by atoms with Crippen molar-refractivity contribution in [3.8, 4) is 12.1 Å². The summed E-state index contributed by atoms with van der Waals surface area (Å²) in [6.45, 7) is 2.45. The molecule has 1 aromatic carbocycles. The van der Waals surface area contributed by atoms with Gasteiger partial charge in [-0.2, -0.15) is 10.5 Å². The fourth-order valence-corrected chi connectivity index (χ4v) is 1.72. The molecule has 0 aliphatic heterocycles. The summed E-state index contributed by atoms with van der Waals surface area (Å²) in [7, 11) is 0. The van der Waals surface area contributed by atoms with Crippen LogP contribution in [0.15, 0.2) is 36.5 Å². The SMILES string of the molecule is Cc1ccnc(NCc2ccc(C#N)cc2)c1C#N. The van der Waals surface area contributed by atoms with Crippen LogP contribution in [0.5, 0.6) is 0 Å². The van der Waals surface area contributed by atoms with Gasteiger partial charge >= 0.3 is 0 Å². The first-order valence-corrected chi connectivity index (χ1v) is 5.83. The normalized spacial score (nSPS) is 9.42. The van der Waals surface area contributed by atoms with Gasteiger partial charge in [-0.15, -0.1) is 0 Å². The zero-order valence-corrected chi connectivity index (χ0v) is 10.5. The van der Waals surface area contributed by atoms with E-state index in [4.69, 9.17) is 10.5 Å². The predicted molar refractivity (Wildman–Crippen MR) is 72.2 cm³/mol. The number of anilines is 1. The predicted octanol–water partition coefficient (Wildman–Crippen LogP) is 2.75. The average Bonchev–Trinajstić information content (AvgIpc) is 2.45. The number of hydrogen-bond donors (Lipinski definition) is 1. The molecule has 1 heterocycles. The van der Waals surface area contributed by atoms with E-state index in [-0.39, 0.29) is 0 Å². The Hall–Kier alpha value is -2.85. The standard InChI is InChI=1S/C15H12N4/c1-11-6-7-18-15(14(11)9-17)19-10-13-4-2-12(8-16)3-5-13/h2-7H,10H2,1H3,(H,18,19). The van der Waals surface area contributed by atoms with Crippen molar-refractivity contribution in [1.29, 1.82) is 10.5 Å². The molecule has 0 bridgehead atoms. The fraction of sp³-hybridized carbons (Fsp3) is 0.133. The number of rotatable bonds is 3. The lowest BCUT2D eigenvalue weighted by Crippen LogP contribution is -2.04. The summed E-state index contributed by atoms with van der Waals surface area (Å²) >= 11 is 0. The van der Waals surface area contributed by atoms with Gasteiger partial charge in [0.2, 0.25) is 0 Å². The second kappa shape index (κ2) is 5.66. The molecule has 4 heteroatoms. The van der Waals surface area contributed by atoms with Crippen molar-refractivity contribution in [2.45, 2.75) is 13.5 Å². The highest BCUT2D eigenvalue weighted by Gasteiger charge is 2.05. The molecule has 0 radical (unpaired) electrons. The second-order valence-corrected chi connectivity index (χ2v) is 4.13. The first kappa shape index (κ1) is 12.6. The van der Waals surface area contributed by atoms with E-state index in [9.17, 15) is 0 Å². The summed E-state index contributed by atoms with van der Waals surface area (Å²) in [5.74, 6) is 0.590. The Kier molecular flexibility index (Phi) is 3.75. The smallest absolute Gasteiger partial charge is 0.144 e. The molecule has 0 fully saturated rings. The van der Waals surface area contributed by atoms with Crippen LogP contribution in [0, 0.1) is 29.6 Å². The topological polar surface area (TPSA) is 72.5 Å². The molecule has 92 valence electrons. The minimum atomic E-state index is 0.566. The monoisotopic (exact) mass is 248 g/mol. The van der Waals surface area contributed by atoms with Gasteiger partial charge in [-0.05, 0) is 36.2 Å². The Morgan fingerprint density at radius 2 is 1.84 bits per heavy atom. The van der Waals surface area contributed by atoms with E-state index >= 15 is 0 Å². The van der Waals surface area contributed by atoms with Crippen molar-refractivity contribution in [3.63, 3.8) is 0 Å². The summed E-state index contributed by atoms with van der Waals surface area (Å²) in [6.07, 6.45) is 1.68. The van der Waals surface area contributed by atoms with Crippen molar-refractivity contribution in [1.82, 2.24) is 4.98 Å². The summed E-state index contributed by atoms with van der Waals surface area (Å²) in [5, 5.41) is 21.0. The van der Waals surface area contributed by atoms with E-state index in [1.54, 1.807) is 18.3 Å². The van der Waals surface area contributed by atoms with E-state index in [1.165, 1.54) is 0 Å². The van der Waals surface area contributed by atoms with Gasteiger partial charge in [0, 0.05) is 12.7 Å².